The second-order valence-corrected chi connectivity index (χ2v) is 6.27. The number of carboxylic acids is 1. The fraction of sp³-hybridized carbons (Fsp3) is 0.900. The second kappa shape index (κ2) is 6.46. The van der Waals surface area contributed by atoms with Crippen LogP contribution >= 0.6 is 0 Å². The number of aliphatic carboxylic acids is 1. The largest absolute Gasteiger partial charge is 0.480 e. The van der Waals surface area contributed by atoms with Crippen molar-refractivity contribution in [3.05, 3.63) is 0 Å². The van der Waals surface area contributed by atoms with Crippen LogP contribution in [0.2, 0.25) is 0 Å². The number of rotatable bonds is 6. The van der Waals surface area contributed by atoms with Crippen LogP contribution in [0.1, 0.15) is 19.3 Å². The molecule has 0 saturated carbocycles. The van der Waals surface area contributed by atoms with Gasteiger partial charge in [0.1, 0.15) is 6.04 Å². The highest BCUT2D eigenvalue weighted by Gasteiger charge is 2.38. The van der Waals surface area contributed by atoms with Gasteiger partial charge in [0.2, 0.25) is 0 Å². The predicted molar refractivity (Wildman–Crippen MR) is 65.4 cm³/mol. The average molecular weight is 280 g/mol. The highest BCUT2D eigenvalue weighted by atomic mass is 32.2. The van der Waals surface area contributed by atoms with Gasteiger partial charge < -0.3 is 9.84 Å². The zero-order valence-corrected chi connectivity index (χ0v) is 11.5. The van der Waals surface area contributed by atoms with E-state index < -0.39 is 22.2 Å². The van der Waals surface area contributed by atoms with Gasteiger partial charge in [-0.05, 0) is 19.3 Å². The van der Waals surface area contributed by atoms with E-state index in [1.165, 1.54) is 14.2 Å². The second-order valence-electron chi connectivity index (χ2n) is 4.28. The lowest BCUT2D eigenvalue weighted by molar-refractivity contribution is -0.142. The van der Waals surface area contributed by atoms with Crippen molar-refractivity contribution in [1.29, 1.82) is 0 Å². The van der Waals surface area contributed by atoms with Crippen molar-refractivity contribution in [2.24, 2.45) is 0 Å². The van der Waals surface area contributed by atoms with Crippen molar-refractivity contribution in [1.82, 2.24) is 8.61 Å². The maximum absolute atomic E-state index is 12.2. The maximum atomic E-state index is 12.2. The van der Waals surface area contributed by atoms with Crippen LogP contribution in [0.3, 0.4) is 0 Å². The van der Waals surface area contributed by atoms with Crippen molar-refractivity contribution in [3.63, 3.8) is 0 Å². The number of likely N-dealkylation sites (N-methyl/N-ethyl adjacent to an activating group) is 1. The molecule has 1 aliphatic heterocycles. The maximum Gasteiger partial charge on any atom is 0.322 e. The lowest BCUT2D eigenvalue weighted by atomic mass is 10.1. The predicted octanol–water partition coefficient (Wildman–Crippen LogP) is -0.251. The molecular formula is C10H20N2O5S. The van der Waals surface area contributed by atoms with Crippen LogP contribution < -0.4 is 0 Å². The van der Waals surface area contributed by atoms with E-state index in [0.29, 0.717) is 12.8 Å². The van der Waals surface area contributed by atoms with Gasteiger partial charge in [-0.25, -0.2) is 0 Å². The fourth-order valence-corrected chi connectivity index (χ4v) is 3.48. The average Bonchev–Trinajstić information content (AvgIpc) is 2.35. The zero-order valence-electron chi connectivity index (χ0n) is 10.7. The Bertz CT molecular complexity index is 384. The van der Waals surface area contributed by atoms with Crippen molar-refractivity contribution < 1.29 is 23.1 Å². The van der Waals surface area contributed by atoms with Gasteiger partial charge in [-0.2, -0.15) is 17.0 Å². The number of ether oxygens (including phenoxy) is 1. The minimum Gasteiger partial charge on any atom is -0.480 e. The molecule has 0 aromatic carbocycles. The molecule has 0 bridgehead atoms. The normalized spacial score (nSPS) is 22.3. The van der Waals surface area contributed by atoms with Crippen molar-refractivity contribution >= 4 is 16.2 Å². The number of carbonyl (C=O) groups is 1. The molecule has 0 aliphatic carbocycles. The van der Waals surface area contributed by atoms with E-state index in [1.807, 2.05) is 0 Å². The number of carboxylic acid groups (broad SMARTS) is 1. The minimum atomic E-state index is -3.72. The van der Waals surface area contributed by atoms with Crippen molar-refractivity contribution in [2.75, 3.05) is 33.9 Å². The summed E-state index contributed by atoms with van der Waals surface area (Å²) in [4.78, 5) is 11.1. The van der Waals surface area contributed by atoms with Gasteiger partial charge in [0.15, 0.2) is 0 Å². The minimum absolute atomic E-state index is 0.210. The van der Waals surface area contributed by atoms with Gasteiger partial charge >= 0.3 is 5.97 Å². The first kappa shape index (κ1) is 15.4. The number of piperidine rings is 1. The monoisotopic (exact) mass is 280 g/mol. The van der Waals surface area contributed by atoms with Gasteiger partial charge in [-0.3, -0.25) is 4.79 Å². The van der Waals surface area contributed by atoms with Crippen molar-refractivity contribution in [3.8, 4) is 0 Å². The lowest BCUT2D eigenvalue weighted by Crippen LogP contribution is -2.52. The molecule has 1 unspecified atom stereocenters. The summed E-state index contributed by atoms with van der Waals surface area (Å²) in [5.74, 6) is -1.08. The highest BCUT2D eigenvalue weighted by Crippen LogP contribution is 2.22. The number of hydrogen-bond acceptors (Lipinski definition) is 4. The molecule has 1 N–H and O–H groups in total. The lowest BCUT2D eigenvalue weighted by Gasteiger charge is -2.34. The molecule has 0 amide bonds. The van der Waals surface area contributed by atoms with E-state index in [4.69, 9.17) is 9.84 Å². The summed E-state index contributed by atoms with van der Waals surface area (Å²) in [6.45, 7) is 0.750. The molecule has 0 spiro atoms. The number of hydrogen-bond donors (Lipinski definition) is 1. The van der Waals surface area contributed by atoms with E-state index in [0.717, 1.165) is 15.0 Å². The van der Waals surface area contributed by atoms with Gasteiger partial charge in [0, 0.05) is 27.2 Å². The van der Waals surface area contributed by atoms with E-state index in [2.05, 4.69) is 0 Å². The Kier molecular flexibility index (Phi) is 5.51. The van der Waals surface area contributed by atoms with Gasteiger partial charge in [-0.15, -0.1) is 0 Å². The highest BCUT2D eigenvalue weighted by molar-refractivity contribution is 7.86. The third-order valence-electron chi connectivity index (χ3n) is 3.04. The van der Waals surface area contributed by atoms with E-state index >= 15 is 0 Å². The molecule has 106 valence electrons. The van der Waals surface area contributed by atoms with Crippen LogP contribution in [0.15, 0.2) is 0 Å². The summed E-state index contributed by atoms with van der Waals surface area (Å²) >= 11 is 0. The molecule has 1 aliphatic rings. The Balaban J connectivity index is 2.83. The first-order valence-electron chi connectivity index (χ1n) is 5.86. The Morgan fingerprint density at radius 2 is 2.17 bits per heavy atom. The number of nitrogens with zero attached hydrogens (tertiary/aromatic N) is 2. The van der Waals surface area contributed by atoms with Crippen molar-refractivity contribution in [2.45, 2.75) is 25.3 Å². The third kappa shape index (κ3) is 3.41. The number of methoxy groups -OCH3 is 1. The first-order valence-corrected chi connectivity index (χ1v) is 7.25. The van der Waals surface area contributed by atoms with Crippen LogP contribution in [0.5, 0.6) is 0 Å². The summed E-state index contributed by atoms with van der Waals surface area (Å²) in [5, 5.41) is 9.08. The molecule has 1 fully saturated rings. The molecule has 18 heavy (non-hydrogen) atoms. The Hall–Kier alpha value is -0.700. The van der Waals surface area contributed by atoms with Crippen LogP contribution in [0, 0.1) is 0 Å². The van der Waals surface area contributed by atoms with Crippen LogP contribution in [-0.4, -0.2) is 68.0 Å². The molecule has 8 heteroatoms. The van der Waals surface area contributed by atoms with Gasteiger partial charge in [0.05, 0.1) is 6.61 Å². The molecule has 0 aromatic heterocycles. The van der Waals surface area contributed by atoms with E-state index in [9.17, 15) is 13.2 Å². The van der Waals surface area contributed by atoms with E-state index in [1.54, 1.807) is 0 Å². The molecule has 1 heterocycles. The fourth-order valence-electron chi connectivity index (χ4n) is 1.94. The first-order chi connectivity index (χ1) is 8.41. The zero-order chi connectivity index (χ0) is 13.8. The van der Waals surface area contributed by atoms with Gasteiger partial charge in [-0.1, -0.05) is 0 Å². The molecule has 0 aromatic rings. The summed E-state index contributed by atoms with van der Waals surface area (Å²) in [6.07, 6.45) is 1.80. The Labute approximate surface area is 108 Å². The topological polar surface area (TPSA) is 87.2 Å². The Morgan fingerprint density at radius 3 is 2.72 bits per heavy atom. The Morgan fingerprint density at radius 1 is 1.50 bits per heavy atom. The summed E-state index contributed by atoms with van der Waals surface area (Å²) < 4.78 is 31.5. The standard InChI is InChI=1S/C10H20N2O5S/c1-11(7-8-17-2)18(15,16)12-6-4-3-5-9(12)10(13)14/h9H,3-8H2,1-2H3,(H,13,14). The summed E-state index contributed by atoms with van der Waals surface area (Å²) in [6, 6.07) is -0.950. The summed E-state index contributed by atoms with van der Waals surface area (Å²) in [5.41, 5.74) is 0. The SMILES string of the molecule is COCCN(C)S(=O)(=O)N1CCCCC1C(=O)O. The van der Waals surface area contributed by atoms with Crippen LogP contribution in [-0.2, 0) is 19.7 Å². The van der Waals surface area contributed by atoms with E-state index in [-0.39, 0.29) is 19.7 Å². The molecule has 7 nitrogen and oxygen atoms in total. The molecular weight excluding hydrogens is 260 g/mol. The van der Waals surface area contributed by atoms with Gasteiger partial charge in [0.25, 0.3) is 10.2 Å². The molecule has 0 radical (unpaired) electrons. The van der Waals surface area contributed by atoms with Crippen LogP contribution in [0.25, 0.3) is 0 Å². The molecule has 1 atom stereocenters. The quantitative estimate of drug-likeness (QED) is 0.725. The molecule has 1 rings (SSSR count). The summed E-state index contributed by atoms with van der Waals surface area (Å²) in [7, 11) is -0.803. The van der Waals surface area contributed by atoms with Crippen LogP contribution in [0.4, 0.5) is 0 Å². The third-order valence-corrected chi connectivity index (χ3v) is 5.04. The molecule has 1 saturated heterocycles. The smallest absolute Gasteiger partial charge is 0.322 e.